The van der Waals surface area contributed by atoms with Gasteiger partial charge in [-0.25, -0.2) is 0 Å². The summed E-state index contributed by atoms with van der Waals surface area (Å²) in [4.78, 5) is 13.3. The minimum atomic E-state index is -0.323. The monoisotopic (exact) mass is 506 g/mol. The van der Waals surface area contributed by atoms with Crippen LogP contribution in [0.1, 0.15) is 18.4 Å². The topological polar surface area (TPSA) is 76.4 Å². The average Bonchev–Trinajstić information content (AvgIpc) is 2.82. The number of fused-ring (bicyclic) bond motifs is 1. The number of alkyl halides is 1. The smallest absolute Gasteiger partial charge is 0.235 e. The van der Waals surface area contributed by atoms with Crippen LogP contribution in [0.4, 0.5) is 0 Å². The van der Waals surface area contributed by atoms with Crippen molar-refractivity contribution in [2.24, 2.45) is 0 Å². The number of methoxy groups -OCH3 is 3. The molecule has 0 radical (unpaired) electrons. The van der Waals surface area contributed by atoms with Gasteiger partial charge in [0.25, 0.3) is 0 Å². The molecular formula is C24H27BrO7. The predicted octanol–water partition coefficient (Wildman–Crippen LogP) is 5.15. The van der Waals surface area contributed by atoms with Gasteiger partial charge >= 0.3 is 0 Å². The van der Waals surface area contributed by atoms with Crippen LogP contribution in [0.2, 0.25) is 0 Å². The molecule has 0 bridgehead atoms. The Morgan fingerprint density at radius 3 is 2.25 bits per heavy atom. The second kappa shape index (κ2) is 11.9. The van der Waals surface area contributed by atoms with Crippen LogP contribution >= 0.6 is 15.9 Å². The number of unbranched alkanes of at least 4 members (excludes halogenated alkanes) is 1. The van der Waals surface area contributed by atoms with E-state index in [2.05, 4.69) is 15.9 Å². The molecule has 0 unspecified atom stereocenters. The van der Waals surface area contributed by atoms with E-state index in [0.717, 1.165) is 24.6 Å². The quantitative estimate of drug-likeness (QED) is 0.191. The highest BCUT2D eigenvalue weighted by molar-refractivity contribution is 9.09. The zero-order valence-electron chi connectivity index (χ0n) is 18.4. The summed E-state index contributed by atoms with van der Waals surface area (Å²) in [5.74, 6) is 1.10. The van der Waals surface area contributed by atoms with Gasteiger partial charge in [0.15, 0.2) is 30.7 Å². The van der Waals surface area contributed by atoms with Crippen molar-refractivity contribution in [1.29, 1.82) is 0 Å². The molecule has 0 amide bonds. The molecule has 2 aromatic carbocycles. The Kier molecular flexibility index (Phi) is 8.96. The fourth-order valence-electron chi connectivity index (χ4n) is 3.31. The molecule has 0 saturated carbocycles. The molecule has 0 fully saturated rings. The first-order valence-electron chi connectivity index (χ1n) is 10.2. The molecule has 0 aliphatic heterocycles. The van der Waals surface area contributed by atoms with Crippen molar-refractivity contribution < 1.29 is 28.1 Å². The van der Waals surface area contributed by atoms with Crippen LogP contribution in [-0.2, 0) is 15.9 Å². The van der Waals surface area contributed by atoms with Gasteiger partial charge in [-0.05, 0) is 37.0 Å². The summed E-state index contributed by atoms with van der Waals surface area (Å²) in [5.41, 5.74) is 1.87. The first-order chi connectivity index (χ1) is 15.6. The molecule has 0 atom stereocenters. The number of halogens is 1. The van der Waals surface area contributed by atoms with Crippen molar-refractivity contribution in [3.63, 3.8) is 0 Å². The summed E-state index contributed by atoms with van der Waals surface area (Å²) >= 11 is 3.46. The molecule has 1 heterocycles. The maximum Gasteiger partial charge on any atom is 0.235 e. The van der Waals surface area contributed by atoms with Crippen molar-refractivity contribution in [2.45, 2.75) is 19.3 Å². The van der Waals surface area contributed by atoms with E-state index < -0.39 is 0 Å². The van der Waals surface area contributed by atoms with Crippen LogP contribution in [0.5, 0.6) is 17.2 Å². The van der Waals surface area contributed by atoms with Crippen molar-refractivity contribution in [1.82, 2.24) is 0 Å². The Hall–Kier alpha value is -2.55. The number of rotatable bonds is 12. The van der Waals surface area contributed by atoms with Gasteiger partial charge in [-0.3, -0.25) is 4.79 Å². The molecular weight excluding hydrogens is 480 g/mol. The Bertz CT molecular complexity index is 1080. The van der Waals surface area contributed by atoms with Crippen LogP contribution < -0.4 is 19.6 Å². The minimum Gasteiger partial charge on any atom is -0.490 e. The first kappa shape index (κ1) is 24.1. The number of aryl methyl sites for hydroxylation is 1. The van der Waals surface area contributed by atoms with Gasteiger partial charge in [0.05, 0.1) is 12.5 Å². The molecule has 0 saturated heterocycles. The number of hydrogen-bond acceptors (Lipinski definition) is 7. The van der Waals surface area contributed by atoms with E-state index in [4.69, 9.17) is 28.1 Å². The van der Waals surface area contributed by atoms with Gasteiger partial charge in [-0.15, -0.1) is 0 Å². The first-order valence-corrected chi connectivity index (χ1v) is 11.3. The highest BCUT2D eigenvalue weighted by atomic mass is 79.9. The van der Waals surface area contributed by atoms with E-state index in [1.54, 1.807) is 12.1 Å². The lowest BCUT2D eigenvalue weighted by atomic mass is 10.0. The molecule has 0 aliphatic carbocycles. The third-order valence-corrected chi connectivity index (χ3v) is 5.42. The molecule has 3 rings (SSSR count). The Balaban J connectivity index is 2.12. The van der Waals surface area contributed by atoms with Crippen molar-refractivity contribution in [3.8, 4) is 28.6 Å². The molecule has 3 aromatic rings. The van der Waals surface area contributed by atoms with Crippen molar-refractivity contribution >= 4 is 26.9 Å². The standard InChI is InChI=1S/C24H27BrO7/c1-27-14-30-19-12-11-18-20(26)24(31-15-28-2)21(32-22(18)23(19)29-3)17-9-7-16(8-10-17)6-4-5-13-25/h7-12H,4-6,13-15H2,1-3H3. The normalized spacial score (nSPS) is 11.0. The third kappa shape index (κ3) is 5.43. The van der Waals surface area contributed by atoms with Crippen molar-refractivity contribution in [3.05, 3.63) is 52.2 Å². The maximum absolute atomic E-state index is 13.3. The van der Waals surface area contributed by atoms with Gasteiger partial charge in [0.2, 0.25) is 16.9 Å². The Labute approximate surface area is 195 Å². The predicted molar refractivity (Wildman–Crippen MR) is 126 cm³/mol. The summed E-state index contributed by atoms with van der Waals surface area (Å²) in [6.45, 7) is -0.0510. The van der Waals surface area contributed by atoms with Crippen LogP contribution in [-0.4, -0.2) is 40.2 Å². The van der Waals surface area contributed by atoms with Gasteiger partial charge in [0, 0.05) is 25.1 Å². The van der Waals surface area contributed by atoms with E-state index in [1.807, 2.05) is 24.3 Å². The van der Waals surface area contributed by atoms with E-state index >= 15 is 0 Å². The maximum atomic E-state index is 13.3. The van der Waals surface area contributed by atoms with Crippen LogP contribution in [0.3, 0.4) is 0 Å². The van der Waals surface area contributed by atoms with E-state index in [-0.39, 0.29) is 30.3 Å². The van der Waals surface area contributed by atoms with Gasteiger partial charge in [-0.2, -0.15) is 0 Å². The van der Waals surface area contributed by atoms with Crippen molar-refractivity contribution in [2.75, 3.05) is 40.2 Å². The molecule has 32 heavy (non-hydrogen) atoms. The van der Waals surface area contributed by atoms with Crippen LogP contribution in [0.15, 0.2) is 45.6 Å². The summed E-state index contributed by atoms with van der Waals surface area (Å²) in [7, 11) is 4.51. The molecule has 8 heteroatoms. The molecule has 172 valence electrons. The zero-order chi connectivity index (χ0) is 22.9. The molecule has 0 spiro atoms. The fraction of sp³-hybridized carbons (Fsp3) is 0.375. The van der Waals surface area contributed by atoms with Crippen LogP contribution in [0, 0.1) is 0 Å². The lowest BCUT2D eigenvalue weighted by Crippen LogP contribution is -2.12. The number of ether oxygens (including phenoxy) is 5. The summed E-state index contributed by atoms with van der Waals surface area (Å²) in [6, 6.07) is 11.2. The fourth-order valence-corrected chi connectivity index (χ4v) is 3.71. The molecule has 7 nitrogen and oxygen atoms in total. The van der Waals surface area contributed by atoms with Crippen LogP contribution in [0.25, 0.3) is 22.3 Å². The second-order valence-electron chi connectivity index (χ2n) is 7.01. The lowest BCUT2D eigenvalue weighted by Gasteiger charge is -2.15. The zero-order valence-corrected chi connectivity index (χ0v) is 20.0. The van der Waals surface area contributed by atoms with Gasteiger partial charge < -0.3 is 28.1 Å². The molecule has 1 aromatic heterocycles. The van der Waals surface area contributed by atoms with Gasteiger partial charge in [0.1, 0.15) is 0 Å². The minimum absolute atomic E-state index is 0.0323. The average molecular weight is 507 g/mol. The molecule has 0 aliphatic rings. The third-order valence-electron chi connectivity index (χ3n) is 4.86. The second-order valence-corrected chi connectivity index (χ2v) is 7.80. The van der Waals surface area contributed by atoms with E-state index in [9.17, 15) is 4.79 Å². The highest BCUT2D eigenvalue weighted by Gasteiger charge is 2.22. The number of benzene rings is 2. The Morgan fingerprint density at radius 2 is 1.59 bits per heavy atom. The van der Waals surface area contributed by atoms with E-state index in [0.29, 0.717) is 28.2 Å². The lowest BCUT2D eigenvalue weighted by molar-refractivity contribution is 0.0487. The summed E-state index contributed by atoms with van der Waals surface area (Å²) in [5, 5.41) is 1.30. The summed E-state index contributed by atoms with van der Waals surface area (Å²) < 4.78 is 32.9. The molecule has 0 N–H and O–H groups in total. The Morgan fingerprint density at radius 1 is 0.875 bits per heavy atom. The number of hydrogen-bond donors (Lipinski definition) is 0. The van der Waals surface area contributed by atoms with E-state index in [1.165, 1.54) is 26.9 Å². The largest absolute Gasteiger partial charge is 0.490 e. The SMILES string of the molecule is COCOc1ccc2c(=O)c(OCOC)c(-c3ccc(CCCCBr)cc3)oc2c1OC. The highest BCUT2D eigenvalue weighted by Crippen LogP contribution is 2.39. The van der Waals surface area contributed by atoms with Gasteiger partial charge in [-0.1, -0.05) is 40.2 Å². The summed E-state index contributed by atoms with van der Waals surface area (Å²) in [6.07, 6.45) is 3.19.